The number of carbonyl (C=O) groups excluding carboxylic acids is 1. The van der Waals surface area contributed by atoms with Crippen molar-refractivity contribution in [2.24, 2.45) is 0 Å². The van der Waals surface area contributed by atoms with E-state index in [-0.39, 0.29) is 24.1 Å². The van der Waals surface area contributed by atoms with Gasteiger partial charge in [0.2, 0.25) is 0 Å². The second kappa shape index (κ2) is 6.51. The lowest BCUT2D eigenvalue weighted by atomic mass is 10.0. The van der Waals surface area contributed by atoms with Crippen molar-refractivity contribution in [1.29, 1.82) is 0 Å². The first-order chi connectivity index (χ1) is 12.5. The number of hydrogen-bond donors (Lipinski definition) is 1. The van der Waals surface area contributed by atoms with Crippen LogP contribution in [0.3, 0.4) is 0 Å². The molecule has 138 valence electrons. The number of aromatic nitrogens is 2. The molecule has 0 radical (unpaired) electrons. The predicted molar refractivity (Wildman–Crippen MR) is 95.7 cm³/mol. The van der Waals surface area contributed by atoms with Crippen LogP contribution in [0.4, 0.5) is 0 Å². The summed E-state index contributed by atoms with van der Waals surface area (Å²) < 4.78 is 32.5. The second-order valence-corrected chi connectivity index (χ2v) is 8.54. The van der Waals surface area contributed by atoms with Crippen molar-refractivity contribution in [2.75, 3.05) is 19.7 Å². The molecule has 0 unspecified atom stereocenters. The summed E-state index contributed by atoms with van der Waals surface area (Å²) in [5.41, 5.74) is 1.94. The maximum atomic E-state index is 12.8. The molecule has 2 aromatic rings. The van der Waals surface area contributed by atoms with Gasteiger partial charge in [-0.25, -0.2) is 13.2 Å². The highest BCUT2D eigenvalue weighted by atomic mass is 32.2. The lowest BCUT2D eigenvalue weighted by Gasteiger charge is -2.26. The molecule has 26 heavy (non-hydrogen) atoms. The van der Waals surface area contributed by atoms with Gasteiger partial charge in [-0.3, -0.25) is 4.68 Å². The zero-order valence-corrected chi connectivity index (χ0v) is 15.4. The first kappa shape index (κ1) is 17.2. The molecule has 4 rings (SSSR count). The summed E-state index contributed by atoms with van der Waals surface area (Å²) in [5.74, 6) is -0.788. The van der Waals surface area contributed by atoms with E-state index in [1.54, 1.807) is 25.1 Å². The molecule has 1 saturated heterocycles. The number of carbonyl (C=O) groups is 1. The van der Waals surface area contributed by atoms with Crippen molar-refractivity contribution >= 4 is 15.8 Å². The summed E-state index contributed by atoms with van der Waals surface area (Å²) in [6, 6.07) is 7.07. The van der Waals surface area contributed by atoms with E-state index in [1.165, 1.54) is 0 Å². The fraction of sp³-hybridized carbons (Fsp3) is 0.444. The van der Waals surface area contributed by atoms with E-state index < -0.39 is 15.8 Å². The third-order valence-electron chi connectivity index (χ3n) is 4.94. The SMILES string of the molecule is CCOC(=O)c1nn(C2CCNCC2)c2c1CS(=O)(=O)c1ccccc1-2. The van der Waals surface area contributed by atoms with Crippen LogP contribution in [0.5, 0.6) is 0 Å². The van der Waals surface area contributed by atoms with Crippen molar-refractivity contribution < 1.29 is 17.9 Å². The van der Waals surface area contributed by atoms with Gasteiger partial charge in [0.05, 0.1) is 29.0 Å². The van der Waals surface area contributed by atoms with E-state index in [0.29, 0.717) is 16.0 Å². The number of nitrogens with one attached hydrogen (secondary N) is 1. The van der Waals surface area contributed by atoms with Crippen LogP contribution in [0, 0.1) is 0 Å². The molecule has 8 heteroatoms. The highest BCUT2D eigenvalue weighted by molar-refractivity contribution is 7.90. The van der Waals surface area contributed by atoms with Crippen molar-refractivity contribution in [1.82, 2.24) is 15.1 Å². The standard InChI is InChI=1S/C18H21N3O4S/c1-2-25-18(22)16-14-11-26(23,24)15-6-4-3-5-13(15)17(14)21(20-16)12-7-9-19-10-8-12/h3-6,12,19H,2,7-11H2,1H3. The Balaban J connectivity index is 1.95. The minimum absolute atomic E-state index is 0.124. The van der Waals surface area contributed by atoms with E-state index in [0.717, 1.165) is 31.6 Å². The van der Waals surface area contributed by atoms with Crippen LogP contribution in [-0.2, 0) is 20.3 Å². The fourth-order valence-corrected chi connectivity index (χ4v) is 5.37. The van der Waals surface area contributed by atoms with Crippen LogP contribution in [0.1, 0.15) is 41.9 Å². The van der Waals surface area contributed by atoms with Crippen LogP contribution >= 0.6 is 0 Å². The average Bonchev–Trinajstić information content (AvgIpc) is 3.01. The summed E-state index contributed by atoms with van der Waals surface area (Å²) in [4.78, 5) is 12.7. The second-order valence-electron chi connectivity index (χ2n) is 6.58. The van der Waals surface area contributed by atoms with Gasteiger partial charge >= 0.3 is 5.97 Å². The van der Waals surface area contributed by atoms with E-state index >= 15 is 0 Å². The number of esters is 1. The minimum atomic E-state index is -3.52. The van der Waals surface area contributed by atoms with Gasteiger partial charge in [0.25, 0.3) is 0 Å². The molecule has 0 aliphatic carbocycles. The Morgan fingerprint density at radius 3 is 2.77 bits per heavy atom. The molecule has 7 nitrogen and oxygen atoms in total. The Kier molecular flexibility index (Phi) is 4.32. The van der Waals surface area contributed by atoms with Crippen LogP contribution in [0.25, 0.3) is 11.3 Å². The molecule has 0 spiro atoms. The summed E-state index contributed by atoms with van der Waals surface area (Å²) >= 11 is 0. The Labute approximate surface area is 152 Å². The van der Waals surface area contributed by atoms with Gasteiger partial charge in [-0.05, 0) is 38.9 Å². The maximum Gasteiger partial charge on any atom is 0.359 e. The molecular formula is C18H21N3O4S. The normalized spacial score (nSPS) is 18.8. The number of piperidine rings is 1. The Hall–Kier alpha value is -2.19. The van der Waals surface area contributed by atoms with Crippen molar-refractivity contribution in [3.8, 4) is 11.3 Å². The van der Waals surface area contributed by atoms with E-state index in [1.807, 2.05) is 10.7 Å². The monoisotopic (exact) mass is 375 g/mol. The van der Waals surface area contributed by atoms with Gasteiger partial charge < -0.3 is 10.1 Å². The van der Waals surface area contributed by atoms with Gasteiger partial charge in [0.1, 0.15) is 0 Å². The summed E-state index contributed by atoms with van der Waals surface area (Å²) in [6.45, 7) is 3.68. The number of fused-ring (bicyclic) bond motifs is 3. The van der Waals surface area contributed by atoms with Crippen LogP contribution in [-0.4, -0.2) is 43.9 Å². The van der Waals surface area contributed by atoms with E-state index in [4.69, 9.17) is 4.74 Å². The van der Waals surface area contributed by atoms with Crippen LogP contribution in [0.2, 0.25) is 0 Å². The predicted octanol–water partition coefficient (Wildman–Crippen LogP) is 1.94. The molecule has 0 saturated carbocycles. The largest absolute Gasteiger partial charge is 0.461 e. The minimum Gasteiger partial charge on any atom is -0.461 e. The molecule has 2 aliphatic rings. The zero-order chi connectivity index (χ0) is 18.3. The lowest BCUT2D eigenvalue weighted by molar-refractivity contribution is 0.0517. The summed E-state index contributed by atoms with van der Waals surface area (Å²) in [7, 11) is -3.52. The van der Waals surface area contributed by atoms with Crippen LogP contribution in [0.15, 0.2) is 29.2 Å². The highest BCUT2D eigenvalue weighted by Gasteiger charge is 2.37. The van der Waals surface area contributed by atoms with Gasteiger partial charge in [-0.1, -0.05) is 18.2 Å². The van der Waals surface area contributed by atoms with E-state index in [9.17, 15) is 13.2 Å². The quantitative estimate of drug-likeness (QED) is 0.825. The van der Waals surface area contributed by atoms with Gasteiger partial charge in [-0.15, -0.1) is 0 Å². The summed E-state index contributed by atoms with van der Waals surface area (Å²) in [6.07, 6.45) is 1.76. The molecule has 1 aromatic heterocycles. The Morgan fingerprint density at radius 2 is 2.04 bits per heavy atom. The maximum absolute atomic E-state index is 12.8. The number of ether oxygens (including phenoxy) is 1. The number of nitrogens with zero attached hydrogens (tertiary/aromatic N) is 2. The molecule has 0 amide bonds. The van der Waals surface area contributed by atoms with Crippen LogP contribution < -0.4 is 5.32 Å². The first-order valence-corrected chi connectivity index (χ1v) is 10.5. The molecular weight excluding hydrogens is 354 g/mol. The number of sulfone groups is 1. The average molecular weight is 375 g/mol. The smallest absolute Gasteiger partial charge is 0.359 e. The number of benzene rings is 1. The van der Waals surface area contributed by atoms with Gasteiger partial charge in [0, 0.05) is 11.1 Å². The fourth-order valence-electron chi connectivity index (χ4n) is 3.77. The highest BCUT2D eigenvalue weighted by Crippen LogP contribution is 2.41. The molecule has 0 bridgehead atoms. The third kappa shape index (κ3) is 2.73. The third-order valence-corrected chi connectivity index (χ3v) is 6.64. The van der Waals surface area contributed by atoms with Gasteiger partial charge in [-0.2, -0.15) is 5.10 Å². The van der Waals surface area contributed by atoms with Gasteiger partial charge in [0.15, 0.2) is 15.5 Å². The molecule has 2 aliphatic heterocycles. The Morgan fingerprint density at radius 1 is 1.31 bits per heavy atom. The molecule has 1 N–H and O–H groups in total. The number of rotatable bonds is 3. The molecule has 3 heterocycles. The molecule has 0 atom stereocenters. The lowest BCUT2D eigenvalue weighted by Crippen LogP contribution is -2.30. The molecule has 1 aromatic carbocycles. The zero-order valence-electron chi connectivity index (χ0n) is 14.6. The van der Waals surface area contributed by atoms with Crippen molar-refractivity contribution in [3.05, 3.63) is 35.5 Å². The topological polar surface area (TPSA) is 90.3 Å². The van der Waals surface area contributed by atoms with E-state index in [2.05, 4.69) is 10.4 Å². The summed E-state index contributed by atoms with van der Waals surface area (Å²) in [5, 5.41) is 7.87. The Bertz CT molecular complexity index is 959. The van der Waals surface area contributed by atoms with Crippen molar-refractivity contribution in [2.45, 2.75) is 36.5 Å². The number of hydrogen-bond acceptors (Lipinski definition) is 6. The first-order valence-electron chi connectivity index (χ1n) is 8.84. The van der Waals surface area contributed by atoms with Crippen molar-refractivity contribution in [3.63, 3.8) is 0 Å². The molecule has 1 fully saturated rings.